The number of carbonyl (C=O) groups excluding carboxylic acids is 1. The molecule has 0 aliphatic carbocycles. The second-order valence-corrected chi connectivity index (χ2v) is 11.1. The van der Waals surface area contributed by atoms with Crippen LogP contribution in [0.5, 0.6) is 23.0 Å². The van der Waals surface area contributed by atoms with Gasteiger partial charge in [0.15, 0.2) is 5.78 Å². The first kappa shape index (κ1) is 27.3. The van der Waals surface area contributed by atoms with E-state index in [-0.39, 0.29) is 5.78 Å². The monoisotopic (exact) mass is 686 g/mol. The van der Waals surface area contributed by atoms with Crippen LogP contribution in [0.15, 0.2) is 84.9 Å². The molecule has 36 heavy (non-hydrogen) atoms. The van der Waals surface area contributed by atoms with Crippen molar-refractivity contribution in [2.45, 2.75) is 9.65 Å². The molecule has 184 valence electrons. The van der Waals surface area contributed by atoms with E-state index in [2.05, 4.69) is 31.9 Å². The number of rotatable bonds is 8. The number of halogens is 6. The molecule has 0 N–H and O–H groups in total. The lowest BCUT2D eigenvalue weighted by molar-refractivity contribution is -0.118. The third-order valence-corrected chi connectivity index (χ3v) is 8.14. The Morgan fingerprint density at radius 1 is 0.556 bits per heavy atom. The summed E-state index contributed by atoms with van der Waals surface area (Å²) < 4.78 is 11.6. The van der Waals surface area contributed by atoms with E-state index in [1.165, 1.54) is 0 Å². The highest BCUT2D eigenvalue weighted by Crippen LogP contribution is 2.41. The van der Waals surface area contributed by atoms with E-state index in [1.807, 2.05) is 0 Å². The fraction of sp³-hybridized carbons (Fsp3) is 0.0741. The zero-order valence-electron chi connectivity index (χ0n) is 18.2. The highest BCUT2D eigenvalue weighted by molar-refractivity contribution is 9.10. The van der Waals surface area contributed by atoms with Gasteiger partial charge in [-0.15, -0.1) is 0 Å². The van der Waals surface area contributed by atoms with Gasteiger partial charge in [0.25, 0.3) is 0 Å². The van der Waals surface area contributed by atoms with Gasteiger partial charge in [-0.2, -0.15) is 0 Å². The maximum Gasteiger partial charge on any atom is 0.168 e. The van der Waals surface area contributed by atoms with E-state index in [9.17, 15) is 4.79 Å². The van der Waals surface area contributed by atoms with Crippen molar-refractivity contribution in [3.05, 3.63) is 116 Å². The molecule has 0 aliphatic rings. The molecular formula is C27H16Br2Cl4O3. The summed E-state index contributed by atoms with van der Waals surface area (Å²) in [6, 6.07) is 24.3. The molecular weight excluding hydrogens is 674 g/mol. The first-order chi connectivity index (χ1) is 17.2. The van der Waals surface area contributed by atoms with Crippen molar-refractivity contribution >= 4 is 84.0 Å². The molecule has 0 amide bonds. The van der Waals surface area contributed by atoms with Gasteiger partial charge in [0, 0.05) is 20.1 Å². The van der Waals surface area contributed by atoms with E-state index in [4.69, 9.17) is 55.9 Å². The Balaban J connectivity index is 1.46. The second kappa shape index (κ2) is 12.2. The molecule has 0 saturated carbocycles. The van der Waals surface area contributed by atoms with Crippen molar-refractivity contribution in [2.75, 3.05) is 0 Å². The van der Waals surface area contributed by atoms with Crippen molar-refractivity contribution in [1.82, 2.24) is 0 Å². The Morgan fingerprint density at radius 3 is 1.22 bits per heavy atom. The van der Waals surface area contributed by atoms with Crippen LogP contribution in [0.2, 0.25) is 20.1 Å². The topological polar surface area (TPSA) is 35.5 Å². The maximum absolute atomic E-state index is 13.3. The van der Waals surface area contributed by atoms with Crippen LogP contribution in [0.1, 0.15) is 20.8 Å². The Labute approximate surface area is 245 Å². The number of ether oxygens (including phenoxy) is 2. The summed E-state index contributed by atoms with van der Waals surface area (Å²) in [6.07, 6.45) is 0. The van der Waals surface area contributed by atoms with Crippen molar-refractivity contribution in [3.63, 3.8) is 0 Å². The number of ketones is 1. The van der Waals surface area contributed by atoms with E-state index >= 15 is 0 Å². The van der Waals surface area contributed by atoms with Crippen molar-refractivity contribution in [1.29, 1.82) is 0 Å². The molecule has 4 aromatic carbocycles. The van der Waals surface area contributed by atoms with E-state index < -0.39 is 9.65 Å². The van der Waals surface area contributed by atoms with Gasteiger partial charge >= 0.3 is 0 Å². The van der Waals surface area contributed by atoms with Crippen LogP contribution in [0.25, 0.3) is 0 Å². The fourth-order valence-electron chi connectivity index (χ4n) is 3.27. The average Bonchev–Trinajstić information content (AvgIpc) is 2.86. The highest BCUT2D eigenvalue weighted by Gasteiger charge is 2.29. The lowest BCUT2D eigenvalue weighted by Gasteiger charge is -2.18. The van der Waals surface area contributed by atoms with Crippen LogP contribution in [0.3, 0.4) is 0 Å². The zero-order chi connectivity index (χ0) is 25.8. The van der Waals surface area contributed by atoms with Gasteiger partial charge in [-0.25, -0.2) is 0 Å². The Hall–Kier alpha value is -1.73. The Morgan fingerprint density at radius 2 is 0.889 bits per heavy atom. The number of Topliss-reactive ketones (excluding diaryl/α,β-unsaturated/α-hetero) is 1. The Kier molecular flexibility index (Phi) is 9.26. The Bertz CT molecular complexity index is 1270. The molecule has 0 aromatic heterocycles. The standard InChI is InChI=1S/C27H16Br2Cl4O3/c28-25(21-11-9-19(13-23(21)32)35-17-5-1-15(30)2-6-17)27(34)26(29)22-12-10-20(14-24(22)33)36-18-7-3-16(31)4-8-18/h1-14,25-26H. The first-order valence-corrected chi connectivity index (χ1v) is 13.8. The van der Waals surface area contributed by atoms with Crippen LogP contribution >= 0.6 is 78.3 Å². The van der Waals surface area contributed by atoms with Gasteiger partial charge in [0.2, 0.25) is 0 Å². The third kappa shape index (κ3) is 6.77. The van der Waals surface area contributed by atoms with Gasteiger partial charge in [-0.3, -0.25) is 4.79 Å². The van der Waals surface area contributed by atoms with Gasteiger partial charge in [-0.1, -0.05) is 90.4 Å². The summed E-state index contributed by atoms with van der Waals surface area (Å²) in [7, 11) is 0. The number of alkyl halides is 2. The minimum Gasteiger partial charge on any atom is -0.457 e. The normalized spacial score (nSPS) is 12.6. The molecule has 0 heterocycles. The van der Waals surface area contributed by atoms with Crippen LogP contribution in [-0.2, 0) is 4.79 Å². The SMILES string of the molecule is O=C(C(Br)c1ccc(Oc2ccc(Cl)cc2)cc1Cl)C(Br)c1ccc(Oc2ccc(Cl)cc2)cc1Cl. The van der Waals surface area contributed by atoms with E-state index in [0.29, 0.717) is 54.2 Å². The molecule has 0 spiro atoms. The highest BCUT2D eigenvalue weighted by atomic mass is 79.9. The van der Waals surface area contributed by atoms with E-state index in [1.54, 1.807) is 84.9 Å². The summed E-state index contributed by atoms with van der Waals surface area (Å²) in [5.41, 5.74) is 1.21. The van der Waals surface area contributed by atoms with Gasteiger partial charge < -0.3 is 9.47 Å². The second-order valence-electron chi connectivity index (χ2n) is 7.61. The predicted molar refractivity (Wildman–Crippen MR) is 154 cm³/mol. The van der Waals surface area contributed by atoms with Crippen LogP contribution in [0, 0.1) is 0 Å². The van der Waals surface area contributed by atoms with Gasteiger partial charge in [0.1, 0.15) is 32.7 Å². The summed E-state index contributed by atoms with van der Waals surface area (Å²) in [5, 5.41) is 2.00. The quantitative estimate of drug-likeness (QED) is 0.173. The number of benzene rings is 4. The maximum atomic E-state index is 13.3. The van der Waals surface area contributed by atoms with Crippen molar-refractivity contribution in [3.8, 4) is 23.0 Å². The summed E-state index contributed by atoms with van der Waals surface area (Å²) in [4.78, 5) is 11.9. The van der Waals surface area contributed by atoms with Crippen molar-refractivity contribution < 1.29 is 14.3 Å². The molecule has 4 aromatic rings. The molecule has 9 heteroatoms. The number of hydrogen-bond acceptors (Lipinski definition) is 3. The van der Waals surface area contributed by atoms with Gasteiger partial charge in [0.05, 0.1) is 0 Å². The minimum atomic E-state index is -0.681. The summed E-state index contributed by atoms with van der Waals surface area (Å²) >= 11 is 31.8. The van der Waals surface area contributed by atoms with Crippen molar-refractivity contribution in [2.24, 2.45) is 0 Å². The number of carbonyl (C=O) groups is 1. The minimum absolute atomic E-state index is 0.170. The molecule has 0 aliphatic heterocycles. The molecule has 4 rings (SSSR count). The first-order valence-electron chi connectivity index (χ1n) is 10.5. The number of hydrogen-bond donors (Lipinski definition) is 0. The fourth-order valence-corrected chi connectivity index (χ4v) is 6.02. The van der Waals surface area contributed by atoms with Crippen LogP contribution in [-0.4, -0.2) is 5.78 Å². The molecule has 0 fully saturated rings. The average molecular weight is 690 g/mol. The summed E-state index contributed by atoms with van der Waals surface area (Å²) in [5.74, 6) is 2.14. The lowest BCUT2D eigenvalue weighted by Crippen LogP contribution is -2.13. The van der Waals surface area contributed by atoms with E-state index in [0.717, 1.165) is 0 Å². The third-order valence-electron chi connectivity index (χ3n) is 5.09. The molecule has 0 bridgehead atoms. The molecule has 0 saturated heterocycles. The van der Waals surface area contributed by atoms with Crippen LogP contribution in [0.4, 0.5) is 0 Å². The van der Waals surface area contributed by atoms with Gasteiger partial charge in [-0.05, 0) is 83.9 Å². The zero-order valence-corrected chi connectivity index (χ0v) is 24.4. The molecule has 2 unspecified atom stereocenters. The predicted octanol–water partition coefficient (Wildman–Crippen LogP) is 11.0. The largest absolute Gasteiger partial charge is 0.457 e. The molecule has 2 atom stereocenters. The van der Waals surface area contributed by atoms with Crippen LogP contribution < -0.4 is 9.47 Å². The molecule has 3 nitrogen and oxygen atoms in total. The lowest BCUT2D eigenvalue weighted by atomic mass is 10.0. The smallest absolute Gasteiger partial charge is 0.168 e. The molecule has 0 radical (unpaired) electrons. The summed E-state index contributed by atoms with van der Waals surface area (Å²) in [6.45, 7) is 0.